The van der Waals surface area contributed by atoms with Gasteiger partial charge in [-0.05, 0) is 61.4 Å². The monoisotopic (exact) mass is 591 g/mol. The Bertz CT molecular complexity index is 1480. The first-order valence-corrected chi connectivity index (χ1v) is 14.2. The Morgan fingerprint density at radius 1 is 1.00 bits per heavy atom. The summed E-state index contributed by atoms with van der Waals surface area (Å²) < 4.78 is 74.2. The summed E-state index contributed by atoms with van der Waals surface area (Å²) >= 11 is 0. The molecule has 3 aromatic rings. The van der Waals surface area contributed by atoms with Crippen LogP contribution in [-0.4, -0.2) is 51.9 Å². The van der Waals surface area contributed by atoms with Gasteiger partial charge in [-0.2, -0.15) is 13.2 Å². The summed E-state index contributed by atoms with van der Waals surface area (Å²) in [5.74, 6) is -0.748. The molecule has 0 aliphatic heterocycles. The standard InChI is InChI=1S/C29H32F3N3O5S/c1-5-26(28(37)33-3)34(18-21-8-6-11-24(16-21)40-4)27(36)19-35(23-10-7-9-22(17-23)29(30,31)32)41(38,39)25-14-12-20(2)13-15-25/h6-17,26H,5,18-19H2,1-4H3,(H,33,37)/t26-/m0/s1. The Hall–Kier alpha value is -4.06. The van der Waals surface area contributed by atoms with Crippen molar-refractivity contribution >= 4 is 27.5 Å². The van der Waals surface area contributed by atoms with Crippen LogP contribution in [0.15, 0.2) is 77.7 Å². The molecule has 0 radical (unpaired) electrons. The highest BCUT2D eigenvalue weighted by Gasteiger charge is 2.35. The molecule has 41 heavy (non-hydrogen) atoms. The number of ether oxygens (including phenoxy) is 1. The number of hydrogen-bond acceptors (Lipinski definition) is 5. The summed E-state index contributed by atoms with van der Waals surface area (Å²) in [7, 11) is -1.62. The van der Waals surface area contributed by atoms with Crippen LogP contribution < -0.4 is 14.4 Å². The molecule has 8 nitrogen and oxygen atoms in total. The third kappa shape index (κ3) is 7.57. The van der Waals surface area contributed by atoms with Crippen molar-refractivity contribution in [3.05, 3.63) is 89.5 Å². The number of nitrogens with zero attached hydrogens (tertiary/aromatic N) is 2. The summed E-state index contributed by atoms with van der Waals surface area (Å²) in [4.78, 5) is 27.7. The SMILES string of the molecule is CC[C@@H](C(=O)NC)N(Cc1cccc(OC)c1)C(=O)CN(c1cccc(C(F)(F)F)c1)S(=O)(=O)c1ccc(C)cc1. The fraction of sp³-hybridized carbons (Fsp3) is 0.310. The van der Waals surface area contributed by atoms with Crippen LogP contribution in [0.3, 0.4) is 0 Å². The number of aryl methyl sites for hydroxylation is 1. The molecular formula is C29H32F3N3O5S. The summed E-state index contributed by atoms with van der Waals surface area (Å²) in [6, 6.07) is 15.3. The van der Waals surface area contributed by atoms with Crippen LogP contribution in [0.1, 0.15) is 30.0 Å². The molecule has 0 fully saturated rings. The van der Waals surface area contributed by atoms with E-state index in [1.165, 1.54) is 37.3 Å². The van der Waals surface area contributed by atoms with Gasteiger partial charge in [0.2, 0.25) is 11.8 Å². The topological polar surface area (TPSA) is 96.0 Å². The second-order valence-corrected chi connectivity index (χ2v) is 11.1. The number of halogens is 3. The predicted octanol–water partition coefficient (Wildman–Crippen LogP) is 4.77. The third-order valence-corrected chi connectivity index (χ3v) is 8.26. The molecule has 3 aromatic carbocycles. The van der Waals surface area contributed by atoms with Gasteiger partial charge in [-0.15, -0.1) is 0 Å². The fourth-order valence-corrected chi connectivity index (χ4v) is 5.66. The van der Waals surface area contributed by atoms with Gasteiger partial charge in [0.15, 0.2) is 0 Å². The zero-order valence-corrected chi connectivity index (χ0v) is 23.9. The van der Waals surface area contributed by atoms with E-state index in [0.29, 0.717) is 21.7 Å². The van der Waals surface area contributed by atoms with Crippen molar-refractivity contribution in [2.24, 2.45) is 0 Å². The van der Waals surface area contributed by atoms with Crippen molar-refractivity contribution in [1.29, 1.82) is 0 Å². The molecule has 3 rings (SSSR count). The van der Waals surface area contributed by atoms with E-state index in [9.17, 15) is 31.2 Å². The second kappa shape index (κ2) is 13.1. The first-order valence-electron chi connectivity index (χ1n) is 12.7. The molecule has 0 bridgehead atoms. The van der Waals surface area contributed by atoms with Gasteiger partial charge in [-0.25, -0.2) is 8.42 Å². The quantitative estimate of drug-likeness (QED) is 0.347. The van der Waals surface area contributed by atoms with Gasteiger partial charge in [0.25, 0.3) is 10.0 Å². The minimum absolute atomic E-state index is 0.0804. The Morgan fingerprint density at radius 3 is 2.24 bits per heavy atom. The number of hydrogen-bond donors (Lipinski definition) is 1. The second-order valence-electron chi connectivity index (χ2n) is 9.28. The van der Waals surface area contributed by atoms with Crippen LogP contribution in [0, 0.1) is 6.92 Å². The van der Waals surface area contributed by atoms with Crippen molar-refractivity contribution < 1.29 is 35.9 Å². The number of anilines is 1. The number of carbonyl (C=O) groups is 2. The Balaban J connectivity index is 2.12. The lowest BCUT2D eigenvalue weighted by atomic mass is 10.1. The molecule has 0 spiro atoms. The average Bonchev–Trinajstić information content (AvgIpc) is 2.95. The first kappa shape index (κ1) is 31.5. The van der Waals surface area contributed by atoms with E-state index in [1.807, 2.05) is 0 Å². The van der Waals surface area contributed by atoms with Crippen LogP contribution in [0.2, 0.25) is 0 Å². The average molecular weight is 592 g/mol. The summed E-state index contributed by atoms with van der Waals surface area (Å²) in [6.07, 6.45) is -4.55. The van der Waals surface area contributed by atoms with Crippen LogP contribution in [0.4, 0.5) is 18.9 Å². The molecule has 0 aromatic heterocycles. The van der Waals surface area contributed by atoms with Gasteiger partial charge in [-0.3, -0.25) is 13.9 Å². The molecule has 220 valence electrons. The molecule has 0 aliphatic rings. The fourth-order valence-electron chi connectivity index (χ4n) is 4.26. The van der Waals surface area contributed by atoms with Crippen LogP contribution in [0.5, 0.6) is 5.75 Å². The van der Waals surface area contributed by atoms with Crippen molar-refractivity contribution in [3.63, 3.8) is 0 Å². The number of likely N-dealkylation sites (N-methyl/N-ethyl adjacent to an activating group) is 1. The van der Waals surface area contributed by atoms with E-state index in [0.717, 1.165) is 17.7 Å². The Kier molecular flexibility index (Phi) is 10.0. The van der Waals surface area contributed by atoms with E-state index in [4.69, 9.17) is 4.74 Å². The number of rotatable bonds is 11. The van der Waals surface area contributed by atoms with Crippen molar-refractivity contribution in [2.45, 2.75) is 43.9 Å². The van der Waals surface area contributed by atoms with Crippen molar-refractivity contribution in [2.75, 3.05) is 25.0 Å². The molecule has 12 heteroatoms. The van der Waals surface area contributed by atoms with Crippen molar-refractivity contribution in [1.82, 2.24) is 10.2 Å². The van der Waals surface area contributed by atoms with E-state index in [1.54, 1.807) is 50.2 Å². The van der Waals surface area contributed by atoms with Gasteiger partial charge in [0, 0.05) is 13.6 Å². The lowest BCUT2D eigenvalue weighted by molar-refractivity contribution is -0.140. The van der Waals surface area contributed by atoms with Crippen LogP contribution in [0.25, 0.3) is 0 Å². The predicted molar refractivity (Wildman–Crippen MR) is 149 cm³/mol. The van der Waals surface area contributed by atoms with Gasteiger partial charge >= 0.3 is 6.18 Å². The maximum absolute atomic E-state index is 13.9. The first-order chi connectivity index (χ1) is 19.3. The normalized spacial score (nSPS) is 12.4. The molecule has 0 saturated heterocycles. The smallest absolute Gasteiger partial charge is 0.416 e. The molecular weight excluding hydrogens is 559 g/mol. The van der Waals surface area contributed by atoms with E-state index in [2.05, 4.69) is 5.32 Å². The zero-order valence-electron chi connectivity index (χ0n) is 23.1. The lowest BCUT2D eigenvalue weighted by Crippen LogP contribution is -2.51. The van der Waals surface area contributed by atoms with E-state index >= 15 is 0 Å². The third-order valence-electron chi connectivity index (χ3n) is 6.47. The Morgan fingerprint density at radius 2 is 1.66 bits per heavy atom. The number of amides is 2. The number of methoxy groups -OCH3 is 1. The summed E-state index contributed by atoms with van der Waals surface area (Å²) in [5, 5.41) is 2.52. The maximum atomic E-state index is 13.9. The summed E-state index contributed by atoms with van der Waals surface area (Å²) in [6.45, 7) is 2.52. The van der Waals surface area contributed by atoms with Crippen LogP contribution in [-0.2, 0) is 32.3 Å². The molecule has 0 unspecified atom stereocenters. The number of nitrogens with one attached hydrogen (secondary N) is 1. The van der Waals surface area contributed by atoms with Gasteiger partial charge in [-0.1, -0.05) is 42.8 Å². The zero-order chi connectivity index (χ0) is 30.4. The minimum atomic E-state index is -4.75. The van der Waals surface area contributed by atoms with E-state index < -0.39 is 46.2 Å². The number of benzene rings is 3. The Labute approximate surface area is 237 Å². The molecule has 1 atom stereocenters. The maximum Gasteiger partial charge on any atom is 0.416 e. The van der Waals surface area contributed by atoms with E-state index in [-0.39, 0.29) is 23.5 Å². The summed E-state index contributed by atoms with van der Waals surface area (Å²) in [5.41, 5.74) is -0.0433. The largest absolute Gasteiger partial charge is 0.497 e. The minimum Gasteiger partial charge on any atom is -0.497 e. The highest BCUT2D eigenvalue weighted by molar-refractivity contribution is 7.92. The number of alkyl halides is 3. The molecule has 1 N–H and O–H groups in total. The molecule has 0 heterocycles. The number of sulfonamides is 1. The molecule has 0 aliphatic carbocycles. The molecule has 2 amide bonds. The van der Waals surface area contributed by atoms with Gasteiger partial charge in [0.05, 0.1) is 23.3 Å². The van der Waals surface area contributed by atoms with Crippen LogP contribution >= 0.6 is 0 Å². The number of carbonyl (C=O) groups excluding carboxylic acids is 2. The molecule has 0 saturated carbocycles. The van der Waals surface area contributed by atoms with Gasteiger partial charge in [0.1, 0.15) is 18.3 Å². The van der Waals surface area contributed by atoms with Crippen molar-refractivity contribution in [3.8, 4) is 5.75 Å². The highest BCUT2D eigenvalue weighted by Crippen LogP contribution is 2.33. The van der Waals surface area contributed by atoms with Gasteiger partial charge < -0.3 is 15.0 Å². The lowest BCUT2D eigenvalue weighted by Gasteiger charge is -2.33. The highest BCUT2D eigenvalue weighted by atomic mass is 32.2.